The Morgan fingerprint density at radius 3 is 2.52 bits per heavy atom. The average molecular weight is 316 g/mol. The fourth-order valence-corrected chi connectivity index (χ4v) is 3.34. The molecule has 0 fully saturated rings. The Balaban J connectivity index is 2.65. The third-order valence-corrected chi connectivity index (χ3v) is 4.77. The number of nitrogens with one attached hydrogen (secondary N) is 3. The monoisotopic (exact) mass is 316 g/mol. The number of aromatic nitrogens is 2. The lowest BCUT2D eigenvalue weighted by molar-refractivity contribution is 0.566. The molecule has 1 aromatic rings. The fraction of sp³-hybridized carbons (Fsp3) is 0.786. The summed E-state index contributed by atoms with van der Waals surface area (Å²) in [5, 5.41) is 10.1. The third kappa shape index (κ3) is 5.76. The molecule has 7 heteroatoms. The van der Waals surface area contributed by atoms with Gasteiger partial charge in [0.05, 0.1) is 0 Å². The maximum Gasteiger partial charge on any atom is 0.260 e. The molecule has 0 bridgehead atoms. The minimum absolute atomic E-state index is 0.124. The first kappa shape index (κ1) is 18.1. The predicted molar refractivity (Wildman–Crippen MR) is 84.7 cm³/mol. The summed E-state index contributed by atoms with van der Waals surface area (Å²) in [4.78, 5) is 0. The summed E-state index contributed by atoms with van der Waals surface area (Å²) in [5.41, 5.74) is 1.52. The Hall–Kier alpha value is -0.920. The molecule has 1 heterocycles. The van der Waals surface area contributed by atoms with Crippen LogP contribution in [0.1, 0.15) is 57.2 Å². The van der Waals surface area contributed by atoms with Crippen LogP contribution in [0, 0.1) is 6.92 Å². The van der Waals surface area contributed by atoms with Gasteiger partial charge < -0.3 is 5.32 Å². The Morgan fingerprint density at radius 1 is 1.10 bits per heavy atom. The van der Waals surface area contributed by atoms with Crippen LogP contribution in [0.2, 0.25) is 0 Å². The molecule has 0 saturated carbocycles. The summed E-state index contributed by atoms with van der Waals surface area (Å²) < 4.78 is 27.3. The summed E-state index contributed by atoms with van der Waals surface area (Å²) in [5.74, 6) is 0. The molecule has 0 aliphatic rings. The van der Waals surface area contributed by atoms with E-state index in [0.717, 1.165) is 49.9 Å². The van der Waals surface area contributed by atoms with Crippen molar-refractivity contribution in [1.82, 2.24) is 20.2 Å². The Kier molecular flexibility index (Phi) is 7.92. The van der Waals surface area contributed by atoms with Gasteiger partial charge in [-0.15, -0.1) is 0 Å². The van der Waals surface area contributed by atoms with Gasteiger partial charge in [0.25, 0.3) is 10.0 Å². The Morgan fingerprint density at radius 2 is 1.86 bits per heavy atom. The zero-order valence-electron chi connectivity index (χ0n) is 13.3. The molecular formula is C14H28N4O2S. The zero-order valence-corrected chi connectivity index (χ0v) is 14.1. The van der Waals surface area contributed by atoms with Gasteiger partial charge in [-0.05, 0) is 26.3 Å². The highest BCUT2D eigenvalue weighted by Crippen LogP contribution is 2.16. The zero-order chi connectivity index (χ0) is 15.7. The molecule has 1 aromatic heterocycles. The van der Waals surface area contributed by atoms with Crippen molar-refractivity contribution in [3.63, 3.8) is 0 Å². The summed E-state index contributed by atoms with van der Waals surface area (Å²) >= 11 is 0. The highest BCUT2D eigenvalue weighted by atomic mass is 32.2. The molecule has 6 nitrogen and oxygen atoms in total. The second kappa shape index (κ2) is 9.17. The Bertz CT molecular complexity index is 511. The molecule has 0 aromatic carbocycles. The molecule has 0 aliphatic heterocycles. The van der Waals surface area contributed by atoms with Gasteiger partial charge in [-0.25, -0.2) is 13.1 Å². The number of rotatable bonds is 11. The molecule has 0 aliphatic carbocycles. The van der Waals surface area contributed by atoms with Crippen molar-refractivity contribution in [3.05, 3.63) is 11.3 Å². The summed E-state index contributed by atoms with van der Waals surface area (Å²) in [6.07, 6.45) is 5.19. The van der Waals surface area contributed by atoms with Crippen LogP contribution >= 0.6 is 0 Å². The van der Waals surface area contributed by atoms with Crippen LogP contribution in [0.5, 0.6) is 0 Å². The first-order chi connectivity index (χ1) is 10.0. The van der Waals surface area contributed by atoms with Crippen molar-refractivity contribution >= 4 is 10.0 Å². The van der Waals surface area contributed by atoms with E-state index in [1.807, 2.05) is 6.92 Å². The molecule has 0 atom stereocenters. The van der Waals surface area contributed by atoms with Crippen molar-refractivity contribution in [1.29, 1.82) is 0 Å². The van der Waals surface area contributed by atoms with E-state index in [1.54, 1.807) is 0 Å². The number of aryl methyl sites for hydroxylation is 1. The molecular weight excluding hydrogens is 288 g/mol. The van der Waals surface area contributed by atoms with Crippen molar-refractivity contribution in [2.75, 3.05) is 13.1 Å². The molecule has 0 spiro atoms. The van der Waals surface area contributed by atoms with E-state index >= 15 is 0 Å². The van der Waals surface area contributed by atoms with Crippen LogP contribution in [-0.4, -0.2) is 31.7 Å². The molecule has 1 rings (SSSR count). The number of sulfonamides is 1. The number of unbranched alkanes of at least 4 members (excludes halogenated alkanes) is 3. The largest absolute Gasteiger partial charge is 0.313 e. The van der Waals surface area contributed by atoms with Crippen LogP contribution in [0.4, 0.5) is 0 Å². The van der Waals surface area contributed by atoms with E-state index in [2.05, 4.69) is 34.1 Å². The van der Waals surface area contributed by atoms with Gasteiger partial charge in [0.15, 0.2) is 5.03 Å². The minimum atomic E-state index is -3.53. The minimum Gasteiger partial charge on any atom is -0.313 e. The second-order valence-electron chi connectivity index (χ2n) is 5.27. The lowest BCUT2D eigenvalue weighted by Gasteiger charge is -2.08. The Labute approximate surface area is 128 Å². The van der Waals surface area contributed by atoms with Crippen LogP contribution in [0.15, 0.2) is 5.03 Å². The van der Waals surface area contributed by atoms with E-state index < -0.39 is 10.0 Å². The van der Waals surface area contributed by atoms with Crippen LogP contribution in [0.25, 0.3) is 0 Å². The highest BCUT2D eigenvalue weighted by Gasteiger charge is 2.22. The quantitative estimate of drug-likeness (QED) is 0.545. The maximum absolute atomic E-state index is 12.3. The molecule has 0 radical (unpaired) electrons. The van der Waals surface area contributed by atoms with Gasteiger partial charge in [0.2, 0.25) is 0 Å². The van der Waals surface area contributed by atoms with Gasteiger partial charge in [0.1, 0.15) is 0 Å². The molecule has 3 N–H and O–H groups in total. The summed E-state index contributed by atoms with van der Waals surface area (Å²) in [7, 11) is -3.53. The van der Waals surface area contributed by atoms with Gasteiger partial charge in [-0.3, -0.25) is 5.10 Å². The fourth-order valence-electron chi connectivity index (χ4n) is 2.08. The van der Waals surface area contributed by atoms with E-state index in [1.165, 1.54) is 0 Å². The lowest BCUT2D eigenvalue weighted by Crippen LogP contribution is -2.27. The smallest absolute Gasteiger partial charge is 0.260 e. The SMILES string of the molecule is CCCCCCNS(=O)(=O)c1n[nH]c(C)c1CNCCC. The normalized spacial score (nSPS) is 12.0. The van der Waals surface area contributed by atoms with Crippen molar-refractivity contribution < 1.29 is 8.42 Å². The van der Waals surface area contributed by atoms with E-state index in [9.17, 15) is 8.42 Å². The van der Waals surface area contributed by atoms with E-state index in [4.69, 9.17) is 0 Å². The van der Waals surface area contributed by atoms with E-state index in [-0.39, 0.29) is 5.03 Å². The number of nitrogens with zero attached hydrogens (tertiary/aromatic N) is 1. The number of aromatic amines is 1. The molecule has 0 unspecified atom stereocenters. The average Bonchev–Trinajstić information content (AvgIpc) is 2.81. The predicted octanol–water partition coefficient (Wildman–Crippen LogP) is 2.08. The lowest BCUT2D eigenvalue weighted by atomic mass is 10.2. The number of hydrogen-bond donors (Lipinski definition) is 3. The second-order valence-corrected chi connectivity index (χ2v) is 6.95. The molecule has 0 saturated heterocycles. The van der Waals surface area contributed by atoms with Crippen molar-refractivity contribution in [3.8, 4) is 0 Å². The van der Waals surface area contributed by atoms with Gasteiger partial charge >= 0.3 is 0 Å². The standard InChI is InChI=1S/C14H28N4O2S/c1-4-6-7-8-10-16-21(19,20)14-13(11-15-9-5-2)12(3)17-18-14/h15-16H,4-11H2,1-3H3,(H,17,18). The molecule has 21 heavy (non-hydrogen) atoms. The number of H-pyrrole nitrogens is 1. The first-order valence-electron chi connectivity index (χ1n) is 7.77. The van der Waals surface area contributed by atoms with Gasteiger partial charge in [-0.2, -0.15) is 5.10 Å². The molecule has 0 amide bonds. The summed E-state index contributed by atoms with van der Waals surface area (Å²) in [6.45, 7) is 7.89. The summed E-state index contributed by atoms with van der Waals surface area (Å²) in [6, 6.07) is 0. The van der Waals surface area contributed by atoms with Crippen molar-refractivity contribution in [2.24, 2.45) is 0 Å². The number of hydrogen-bond acceptors (Lipinski definition) is 4. The van der Waals surface area contributed by atoms with Gasteiger partial charge in [0, 0.05) is 24.3 Å². The van der Waals surface area contributed by atoms with Crippen molar-refractivity contribution in [2.45, 2.75) is 64.4 Å². The highest BCUT2D eigenvalue weighted by molar-refractivity contribution is 7.89. The molecule has 122 valence electrons. The topological polar surface area (TPSA) is 86.9 Å². The van der Waals surface area contributed by atoms with Crippen LogP contribution in [0.3, 0.4) is 0 Å². The third-order valence-electron chi connectivity index (χ3n) is 3.34. The van der Waals surface area contributed by atoms with Crippen LogP contribution in [-0.2, 0) is 16.6 Å². The maximum atomic E-state index is 12.3. The first-order valence-corrected chi connectivity index (χ1v) is 9.25. The van der Waals surface area contributed by atoms with E-state index in [0.29, 0.717) is 13.1 Å². The van der Waals surface area contributed by atoms with Crippen LogP contribution < -0.4 is 10.0 Å². The van der Waals surface area contributed by atoms with Gasteiger partial charge in [-0.1, -0.05) is 33.1 Å².